The third kappa shape index (κ3) is 5.75. The van der Waals surface area contributed by atoms with E-state index in [4.69, 9.17) is 11.6 Å². The number of hydrogen-bond donors (Lipinski definition) is 0. The van der Waals surface area contributed by atoms with Gasteiger partial charge in [-0.05, 0) is 38.9 Å². The molecule has 0 aliphatic heterocycles. The van der Waals surface area contributed by atoms with Crippen molar-refractivity contribution in [2.24, 2.45) is 0 Å². The van der Waals surface area contributed by atoms with Crippen molar-refractivity contribution in [1.29, 1.82) is 0 Å². The maximum Gasteiger partial charge on any atom is 0.176 e. The number of ketones is 1. The molecule has 2 nitrogen and oxygen atoms in total. The SMILES string of the molecule is CCCCCN(CC(=O)c1cccc(Cl)c1)C(C)C. The Bertz CT molecular complexity index is 403. The first-order chi connectivity index (χ1) is 9.04. The van der Waals surface area contributed by atoms with Crippen molar-refractivity contribution in [3.05, 3.63) is 34.9 Å². The number of benzene rings is 1. The predicted octanol–water partition coefficient (Wildman–Crippen LogP) is 4.42. The van der Waals surface area contributed by atoms with E-state index in [-0.39, 0.29) is 5.78 Å². The third-order valence-electron chi connectivity index (χ3n) is 3.27. The van der Waals surface area contributed by atoms with E-state index >= 15 is 0 Å². The molecule has 3 heteroatoms. The summed E-state index contributed by atoms with van der Waals surface area (Å²) in [5.41, 5.74) is 0.702. The Kier molecular flexibility index (Phi) is 7.11. The molecular formula is C16H24ClNO. The monoisotopic (exact) mass is 281 g/mol. The minimum Gasteiger partial charge on any atom is -0.293 e. The number of unbranched alkanes of at least 4 members (excludes halogenated alkanes) is 2. The van der Waals surface area contributed by atoms with E-state index in [1.807, 2.05) is 12.1 Å². The summed E-state index contributed by atoms with van der Waals surface area (Å²) < 4.78 is 0. The van der Waals surface area contributed by atoms with Crippen molar-refractivity contribution in [3.8, 4) is 0 Å². The van der Waals surface area contributed by atoms with E-state index in [9.17, 15) is 4.79 Å². The second kappa shape index (κ2) is 8.34. The van der Waals surface area contributed by atoms with Gasteiger partial charge in [-0.25, -0.2) is 0 Å². The quantitative estimate of drug-likeness (QED) is 0.519. The van der Waals surface area contributed by atoms with Crippen LogP contribution in [0.15, 0.2) is 24.3 Å². The number of nitrogens with zero attached hydrogens (tertiary/aromatic N) is 1. The zero-order valence-electron chi connectivity index (χ0n) is 12.2. The van der Waals surface area contributed by atoms with Crippen molar-refractivity contribution < 1.29 is 4.79 Å². The molecule has 0 saturated carbocycles. The highest BCUT2D eigenvalue weighted by Gasteiger charge is 2.15. The van der Waals surface area contributed by atoms with Gasteiger partial charge in [-0.2, -0.15) is 0 Å². The Morgan fingerprint density at radius 3 is 2.63 bits per heavy atom. The molecule has 0 heterocycles. The molecule has 0 N–H and O–H groups in total. The average Bonchev–Trinajstić information content (AvgIpc) is 2.37. The van der Waals surface area contributed by atoms with Crippen LogP contribution in [-0.2, 0) is 0 Å². The van der Waals surface area contributed by atoms with Gasteiger partial charge in [0.05, 0.1) is 6.54 Å². The van der Waals surface area contributed by atoms with Crippen LogP contribution in [0.1, 0.15) is 50.4 Å². The van der Waals surface area contributed by atoms with Gasteiger partial charge in [0, 0.05) is 16.6 Å². The molecule has 0 radical (unpaired) electrons. The van der Waals surface area contributed by atoms with Crippen LogP contribution in [0.4, 0.5) is 0 Å². The minimum absolute atomic E-state index is 0.146. The molecule has 1 rings (SSSR count). The first kappa shape index (κ1) is 16.2. The van der Waals surface area contributed by atoms with Gasteiger partial charge in [-0.15, -0.1) is 0 Å². The van der Waals surface area contributed by atoms with Crippen molar-refractivity contribution in [2.75, 3.05) is 13.1 Å². The molecule has 0 aliphatic rings. The lowest BCUT2D eigenvalue weighted by molar-refractivity contribution is 0.0904. The van der Waals surface area contributed by atoms with Crippen LogP contribution in [0.5, 0.6) is 0 Å². The topological polar surface area (TPSA) is 20.3 Å². The summed E-state index contributed by atoms with van der Waals surface area (Å²) in [5, 5.41) is 0.618. The second-order valence-electron chi connectivity index (χ2n) is 5.20. The normalized spacial score (nSPS) is 11.3. The maximum atomic E-state index is 12.2. The molecule has 1 aromatic rings. The molecule has 0 spiro atoms. The second-order valence-corrected chi connectivity index (χ2v) is 5.64. The van der Waals surface area contributed by atoms with E-state index in [1.165, 1.54) is 12.8 Å². The van der Waals surface area contributed by atoms with Crippen LogP contribution in [-0.4, -0.2) is 29.8 Å². The Labute approximate surface area is 121 Å². The van der Waals surface area contributed by atoms with E-state index < -0.39 is 0 Å². The summed E-state index contributed by atoms with van der Waals surface area (Å²) in [4.78, 5) is 14.5. The van der Waals surface area contributed by atoms with E-state index in [0.717, 1.165) is 13.0 Å². The Hall–Kier alpha value is -0.860. The van der Waals surface area contributed by atoms with Gasteiger partial charge >= 0.3 is 0 Å². The van der Waals surface area contributed by atoms with Crippen molar-refractivity contribution in [2.45, 2.75) is 46.1 Å². The lowest BCUT2D eigenvalue weighted by Crippen LogP contribution is -2.36. The molecule has 0 saturated heterocycles. The Morgan fingerprint density at radius 2 is 2.05 bits per heavy atom. The highest BCUT2D eigenvalue weighted by atomic mass is 35.5. The van der Waals surface area contributed by atoms with Crippen LogP contribution in [0.3, 0.4) is 0 Å². The summed E-state index contributed by atoms with van der Waals surface area (Å²) in [6.07, 6.45) is 3.57. The van der Waals surface area contributed by atoms with Crippen molar-refractivity contribution in [1.82, 2.24) is 4.90 Å². The highest BCUT2D eigenvalue weighted by molar-refractivity contribution is 6.31. The van der Waals surface area contributed by atoms with Gasteiger partial charge in [-0.1, -0.05) is 43.5 Å². The minimum atomic E-state index is 0.146. The number of carbonyl (C=O) groups is 1. The van der Waals surface area contributed by atoms with Crippen LogP contribution in [0, 0.1) is 0 Å². The third-order valence-corrected chi connectivity index (χ3v) is 3.51. The van der Waals surface area contributed by atoms with Gasteiger partial charge in [0.2, 0.25) is 0 Å². The lowest BCUT2D eigenvalue weighted by Gasteiger charge is -2.25. The van der Waals surface area contributed by atoms with Gasteiger partial charge in [0.1, 0.15) is 0 Å². The van der Waals surface area contributed by atoms with Crippen LogP contribution in [0.2, 0.25) is 5.02 Å². The maximum absolute atomic E-state index is 12.2. The molecular weight excluding hydrogens is 258 g/mol. The first-order valence-electron chi connectivity index (χ1n) is 7.07. The zero-order valence-corrected chi connectivity index (χ0v) is 12.9. The molecule has 1 aromatic carbocycles. The van der Waals surface area contributed by atoms with Crippen molar-refractivity contribution >= 4 is 17.4 Å². The molecule has 0 fully saturated rings. The van der Waals surface area contributed by atoms with Gasteiger partial charge in [0.15, 0.2) is 5.78 Å². The van der Waals surface area contributed by atoms with E-state index in [2.05, 4.69) is 25.7 Å². The number of hydrogen-bond acceptors (Lipinski definition) is 2. The number of carbonyl (C=O) groups excluding carboxylic acids is 1. The lowest BCUT2D eigenvalue weighted by atomic mass is 10.1. The van der Waals surface area contributed by atoms with Crippen LogP contribution in [0.25, 0.3) is 0 Å². The molecule has 19 heavy (non-hydrogen) atoms. The summed E-state index contributed by atoms with van der Waals surface area (Å²) in [6.45, 7) is 7.92. The summed E-state index contributed by atoms with van der Waals surface area (Å²) in [5.74, 6) is 0.146. The standard InChI is InChI=1S/C16H24ClNO/c1-4-5-6-10-18(13(2)3)12-16(19)14-8-7-9-15(17)11-14/h7-9,11,13H,4-6,10,12H2,1-3H3. The highest BCUT2D eigenvalue weighted by Crippen LogP contribution is 2.12. The molecule has 0 bridgehead atoms. The summed E-state index contributed by atoms with van der Waals surface area (Å²) in [6, 6.07) is 7.58. The fourth-order valence-corrected chi connectivity index (χ4v) is 2.21. The molecule has 0 amide bonds. The largest absolute Gasteiger partial charge is 0.293 e. The molecule has 0 aromatic heterocycles. The smallest absolute Gasteiger partial charge is 0.176 e. The fraction of sp³-hybridized carbons (Fsp3) is 0.562. The zero-order chi connectivity index (χ0) is 14.3. The molecule has 106 valence electrons. The van der Waals surface area contributed by atoms with Gasteiger partial charge < -0.3 is 0 Å². The van der Waals surface area contributed by atoms with Crippen LogP contribution >= 0.6 is 11.6 Å². The molecule has 0 unspecified atom stereocenters. The number of Topliss-reactive ketones (excluding diaryl/α,β-unsaturated/α-hetero) is 1. The average molecular weight is 282 g/mol. The van der Waals surface area contributed by atoms with Crippen molar-refractivity contribution in [3.63, 3.8) is 0 Å². The first-order valence-corrected chi connectivity index (χ1v) is 7.45. The Morgan fingerprint density at radius 1 is 1.32 bits per heavy atom. The van der Waals surface area contributed by atoms with E-state index in [0.29, 0.717) is 23.2 Å². The predicted molar refractivity (Wildman–Crippen MR) is 82.0 cm³/mol. The van der Waals surface area contributed by atoms with Gasteiger partial charge in [0.25, 0.3) is 0 Å². The van der Waals surface area contributed by atoms with E-state index in [1.54, 1.807) is 12.1 Å². The molecule has 0 aliphatic carbocycles. The fourth-order valence-electron chi connectivity index (χ4n) is 2.02. The number of rotatable bonds is 8. The summed E-state index contributed by atoms with van der Waals surface area (Å²) >= 11 is 5.92. The Balaban J connectivity index is 2.60. The van der Waals surface area contributed by atoms with Gasteiger partial charge in [-0.3, -0.25) is 9.69 Å². The van der Waals surface area contributed by atoms with Crippen LogP contribution < -0.4 is 0 Å². The summed E-state index contributed by atoms with van der Waals surface area (Å²) in [7, 11) is 0. The molecule has 0 atom stereocenters. The number of halogens is 1.